The van der Waals surface area contributed by atoms with Crippen molar-refractivity contribution in [3.05, 3.63) is 77.1 Å². The lowest BCUT2D eigenvalue weighted by Gasteiger charge is -2.32. The van der Waals surface area contributed by atoms with Crippen molar-refractivity contribution < 1.29 is 14.2 Å². The average Bonchev–Trinajstić information content (AvgIpc) is 3.20. The van der Waals surface area contributed by atoms with Gasteiger partial charge in [0, 0.05) is 43.2 Å². The zero-order valence-corrected chi connectivity index (χ0v) is 18.9. The second-order valence-corrected chi connectivity index (χ2v) is 7.97. The molecule has 1 aliphatic rings. The van der Waals surface area contributed by atoms with Crippen molar-refractivity contribution >= 4 is 0 Å². The maximum Gasteiger partial charge on any atom is 0.164 e. The van der Waals surface area contributed by atoms with Gasteiger partial charge in [-0.25, -0.2) is 0 Å². The summed E-state index contributed by atoms with van der Waals surface area (Å²) in [6.07, 6.45) is 4.33. The smallest absolute Gasteiger partial charge is 0.164 e. The van der Waals surface area contributed by atoms with E-state index in [9.17, 15) is 0 Å². The summed E-state index contributed by atoms with van der Waals surface area (Å²) in [6, 6.07) is 17.4. The average molecular weight is 421 g/mol. The molecule has 0 aliphatic carbocycles. The van der Waals surface area contributed by atoms with E-state index in [4.69, 9.17) is 14.2 Å². The molecule has 1 aromatic heterocycles. The molecule has 1 aliphatic heterocycles. The van der Waals surface area contributed by atoms with Gasteiger partial charge in [-0.3, -0.25) is 4.90 Å². The van der Waals surface area contributed by atoms with E-state index in [1.54, 1.807) is 21.3 Å². The van der Waals surface area contributed by atoms with Gasteiger partial charge < -0.3 is 18.8 Å². The Balaban J connectivity index is 1.80. The molecular formula is C26H32N2O3. The van der Waals surface area contributed by atoms with Crippen LogP contribution in [0.15, 0.2) is 54.7 Å². The molecule has 0 saturated carbocycles. The molecule has 2 aromatic carbocycles. The summed E-state index contributed by atoms with van der Waals surface area (Å²) in [7, 11) is 5.05. The van der Waals surface area contributed by atoms with E-state index < -0.39 is 0 Å². The molecule has 0 radical (unpaired) electrons. The molecule has 5 heteroatoms. The summed E-state index contributed by atoms with van der Waals surface area (Å²) in [5, 5.41) is 0. The molecule has 1 unspecified atom stereocenters. The second-order valence-electron chi connectivity index (χ2n) is 7.97. The first-order chi connectivity index (χ1) is 15.2. The van der Waals surface area contributed by atoms with E-state index in [2.05, 4.69) is 65.1 Å². The topological polar surface area (TPSA) is 35.9 Å². The Kier molecular flexibility index (Phi) is 6.52. The molecule has 2 heterocycles. The summed E-state index contributed by atoms with van der Waals surface area (Å²) in [4.78, 5) is 2.55. The van der Waals surface area contributed by atoms with Gasteiger partial charge in [-0.2, -0.15) is 0 Å². The normalized spacial score (nSPS) is 16.5. The molecule has 3 aromatic rings. The van der Waals surface area contributed by atoms with Crippen molar-refractivity contribution in [3.63, 3.8) is 0 Å². The largest absolute Gasteiger partial charge is 0.496 e. The second kappa shape index (κ2) is 9.48. The number of fused-ring (bicyclic) bond motifs is 1. The van der Waals surface area contributed by atoms with Gasteiger partial charge in [-0.15, -0.1) is 0 Å². The molecule has 0 saturated heterocycles. The third kappa shape index (κ3) is 4.28. The number of nitrogens with zero attached hydrogens (tertiary/aromatic N) is 2. The van der Waals surface area contributed by atoms with E-state index in [0.29, 0.717) is 11.5 Å². The van der Waals surface area contributed by atoms with E-state index >= 15 is 0 Å². The predicted molar refractivity (Wildman–Crippen MR) is 123 cm³/mol. The fraction of sp³-hybridized carbons (Fsp3) is 0.385. The van der Waals surface area contributed by atoms with Gasteiger partial charge in [0.2, 0.25) is 0 Å². The van der Waals surface area contributed by atoms with E-state index in [1.165, 1.54) is 16.8 Å². The molecule has 5 nitrogen and oxygen atoms in total. The highest BCUT2D eigenvalue weighted by Gasteiger charge is 2.31. The van der Waals surface area contributed by atoms with Crippen molar-refractivity contribution in [1.82, 2.24) is 9.47 Å². The summed E-state index contributed by atoms with van der Waals surface area (Å²) in [5.74, 6) is 2.20. The number of benzene rings is 2. The quantitative estimate of drug-likeness (QED) is 0.535. The van der Waals surface area contributed by atoms with Gasteiger partial charge in [0.25, 0.3) is 0 Å². The van der Waals surface area contributed by atoms with Crippen LogP contribution in [0.2, 0.25) is 0 Å². The summed E-state index contributed by atoms with van der Waals surface area (Å²) >= 11 is 0. The highest BCUT2D eigenvalue weighted by atomic mass is 16.5. The van der Waals surface area contributed by atoms with Crippen LogP contribution in [-0.2, 0) is 19.5 Å². The van der Waals surface area contributed by atoms with Crippen LogP contribution in [0.5, 0.6) is 17.2 Å². The molecular weight excluding hydrogens is 388 g/mol. The minimum atomic E-state index is 0.0538. The van der Waals surface area contributed by atoms with Crippen molar-refractivity contribution in [2.75, 3.05) is 27.9 Å². The highest BCUT2D eigenvalue weighted by molar-refractivity contribution is 5.53. The van der Waals surface area contributed by atoms with Gasteiger partial charge in [0.05, 0.1) is 27.4 Å². The summed E-state index contributed by atoms with van der Waals surface area (Å²) < 4.78 is 19.4. The highest BCUT2D eigenvalue weighted by Crippen LogP contribution is 2.43. The number of aryl methyl sites for hydroxylation is 2. The lowest BCUT2D eigenvalue weighted by molar-refractivity contribution is 0.215. The van der Waals surface area contributed by atoms with Crippen LogP contribution >= 0.6 is 0 Å². The Morgan fingerprint density at radius 3 is 2.19 bits per heavy atom. The first kappa shape index (κ1) is 21.3. The van der Waals surface area contributed by atoms with Gasteiger partial charge in [0.15, 0.2) is 11.5 Å². The van der Waals surface area contributed by atoms with E-state index in [-0.39, 0.29) is 6.04 Å². The molecule has 0 N–H and O–H groups in total. The molecule has 1 atom stereocenters. The molecule has 164 valence electrons. The standard InChI is InChI=1S/C26H32N2O3/c1-5-19-9-11-20(12-10-19)18-28-15-7-14-27-13-6-8-22(27)26(28)21-16-24(30-3)25(31-4)17-23(21)29-2/h6,8-13,16-17,26H,5,7,14-15,18H2,1-4H3. The third-order valence-corrected chi connectivity index (χ3v) is 6.20. The fourth-order valence-electron chi connectivity index (χ4n) is 4.55. The Bertz CT molecular complexity index is 1010. The van der Waals surface area contributed by atoms with Crippen LogP contribution < -0.4 is 14.2 Å². The van der Waals surface area contributed by atoms with Crippen LogP contribution in [0.3, 0.4) is 0 Å². The molecule has 0 fully saturated rings. The van der Waals surface area contributed by atoms with E-state index in [1.807, 2.05) is 6.07 Å². The lowest BCUT2D eigenvalue weighted by atomic mass is 9.98. The fourth-order valence-corrected chi connectivity index (χ4v) is 4.55. The van der Waals surface area contributed by atoms with Crippen LogP contribution in [-0.4, -0.2) is 37.3 Å². The van der Waals surface area contributed by atoms with Crippen LogP contribution in [0, 0.1) is 0 Å². The van der Waals surface area contributed by atoms with Gasteiger partial charge in [-0.1, -0.05) is 31.2 Å². The summed E-state index contributed by atoms with van der Waals surface area (Å²) in [6.45, 7) is 5.08. The molecule has 4 rings (SSSR count). The predicted octanol–water partition coefficient (Wildman–Crippen LogP) is 5.07. The number of methoxy groups -OCH3 is 3. The molecule has 0 spiro atoms. The maximum atomic E-state index is 5.83. The number of aromatic nitrogens is 1. The number of hydrogen-bond acceptors (Lipinski definition) is 4. The Hall–Kier alpha value is -2.92. The van der Waals surface area contributed by atoms with Crippen molar-refractivity contribution in [2.45, 2.75) is 38.9 Å². The molecule has 31 heavy (non-hydrogen) atoms. The lowest BCUT2D eigenvalue weighted by Crippen LogP contribution is -2.30. The van der Waals surface area contributed by atoms with Crippen LogP contribution in [0.4, 0.5) is 0 Å². The van der Waals surface area contributed by atoms with Gasteiger partial charge in [0.1, 0.15) is 5.75 Å². The van der Waals surface area contributed by atoms with Gasteiger partial charge >= 0.3 is 0 Å². The SMILES string of the molecule is CCc1ccc(CN2CCCn3cccc3C2c2cc(OC)c(OC)cc2OC)cc1. The maximum absolute atomic E-state index is 5.83. The van der Waals surface area contributed by atoms with E-state index in [0.717, 1.165) is 43.8 Å². The Morgan fingerprint density at radius 1 is 0.839 bits per heavy atom. The van der Waals surface area contributed by atoms with Gasteiger partial charge in [-0.05, 0) is 42.2 Å². The number of ether oxygens (including phenoxy) is 3. The molecule has 0 bridgehead atoms. The minimum absolute atomic E-state index is 0.0538. The molecule has 0 amide bonds. The first-order valence-corrected chi connectivity index (χ1v) is 10.9. The number of rotatable bonds is 7. The zero-order valence-electron chi connectivity index (χ0n) is 18.9. The minimum Gasteiger partial charge on any atom is -0.496 e. The third-order valence-electron chi connectivity index (χ3n) is 6.20. The monoisotopic (exact) mass is 420 g/mol. The van der Waals surface area contributed by atoms with Crippen molar-refractivity contribution in [1.29, 1.82) is 0 Å². The van der Waals surface area contributed by atoms with Crippen LogP contribution in [0.25, 0.3) is 0 Å². The van der Waals surface area contributed by atoms with Crippen molar-refractivity contribution in [3.8, 4) is 17.2 Å². The zero-order chi connectivity index (χ0) is 21.8. The van der Waals surface area contributed by atoms with Crippen LogP contribution in [0.1, 0.15) is 41.8 Å². The first-order valence-electron chi connectivity index (χ1n) is 10.9. The number of hydrogen-bond donors (Lipinski definition) is 0. The van der Waals surface area contributed by atoms with Crippen molar-refractivity contribution in [2.24, 2.45) is 0 Å². The Morgan fingerprint density at radius 2 is 1.52 bits per heavy atom. The Labute approximate surface area is 185 Å². The summed E-state index contributed by atoms with van der Waals surface area (Å²) in [5.41, 5.74) is 5.05.